The molecule has 1 fully saturated rings. The number of piperidine rings is 1. The molecule has 29 heavy (non-hydrogen) atoms. The van der Waals surface area contributed by atoms with Crippen molar-refractivity contribution in [2.75, 3.05) is 19.6 Å². The Morgan fingerprint density at radius 1 is 1.10 bits per heavy atom. The number of nitrogens with zero attached hydrogens (tertiary/aromatic N) is 2. The van der Waals surface area contributed by atoms with Crippen LogP contribution in [-0.4, -0.2) is 41.3 Å². The van der Waals surface area contributed by atoms with E-state index in [0.29, 0.717) is 26.1 Å². The van der Waals surface area contributed by atoms with Crippen molar-refractivity contribution in [3.8, 4) is 9.88 Å². The third kappa shape index (κ3) is 5.32. The highest BCUT2D eigenvalue weighted by Gasteiger charge is 2.27. The van der Waals surface area contributed by atoms with Gasteiger partial charge in [-0.2, -0.15) is 0 Å². The Balaban J connectivity index is 1.20. The number of rotatable bonds is 7. The predicted molar refractivity (Wildman–Crippen MR) is 119 cm³/mol. The van der Waals surface area contributed by atoms with Crippen molar-refractivity contribution in [3.05, 3.63) is 51.0 Å². The van der Waals surface area contributed by atoms with Crippen LogP contribution in [0.1, 0.15) is 23.4 Å². The molecule has 0 atom stereocenters. The molecule has 1 saturated heterocycles. The molecule has 0 aliphatic carbocycles. The fourth-order valence-electron chi connectivity index (χ4n) is 3.47. The molecule has 0 bridgehead atoms. The van der Waals surface area contributed by atoms with Gasteiger partial charge in [0.2, 0.25) is 11.8 Å². The number of aromatic nitrogens is 1. The van der Waals surface area contributed by atoms with Gasteiger partial charge >= 0.3 is 0 Å². The van der Waals surface area contributed by atoms with Crippen LogP contribution >= 0.6 is 34.0 Å². The molecule has 152 valence electrons. The monoisotopic (exact) mass is 445 g/mol. The van der Waals surface area contributed by atoms with Gasteiger partial charge in [0.15, 0.2) is 0 Å². The molecule has 5 nitrogen and oxygen atoms in total. The summed E-state index contributed by atoms with van der Waals surface area (Å²) in [6.45, 7) is 1.96. The summed E-state index contributed by atoms with van der Waals surface area (Å²) in [6, 6.07) is 8.18. The predicted octanol–water partition coefficient (Wildman–Crippen LogP) is 4.07. The normalized spacial score (nSPS) is 14.8. The molecule has 2 amide bonds. The lowest BCUT2D eigenvalue weighted by Crippen LogP contribution is -2.43. The Kier molecular flexibility index (Phi) is 6.74. The Morgan fingerprint density at radius 2 is 1.90 bits per heavy atom. The zero-order chi connectivity index (χ0) is 20.1. The number of amides is 2. The molecule has 4 rings (SSSR count). The van der Waals surface area contributed by atoms with Crippen LogP contribution in [0, 0.1) is 5.92 Å². The maximum atomic E-state index is 12.6. The lowest BCUT2D eigenvalue weighted by atomic mass is 9.95. The van der Waals surface area contributed by atoms with Crippen molar-refractivity contribution < 1.29 is 9.59 Å². The van der Waals surface area contributed by atoms with Crippen LogP contribution in [0.2, 0.25) is 0 Å². The minimum atomic E-state index is 0.00656. The molecule has 0 saturated carbocycles. The van der Waals surface area contributed by atoms with Crippen molar-refractivity contribution in [2.45, 2.75) is 25.7 Å². The molecule has 0 aromatic carbocycles. The van der Waals surface area contributed by atoms with Gasteiger partial charge in [-0.15, -0.1) is 34.0 Å². The lowest BCUT2D eigenvalue weighted by Gasteiger charge is -2.31. The van der Waals surface area contributed by atoms with Crippen LogP contribution in [0.25, 0.3) is 9.88 Å². The standard InChI is InChI=1S/C21H23N3O2S3/c25-19(13-16-14-29-21(23-16)18-4-2-12-28-18)24-9-6-15(7-10-24)20(26)22-8-5-17-3-1-11-27-17/h1-4,11-12,14-15H,5-10,13H2,(H,22,26). The van der Waals surface area contributed by atoms with E-state index in [0.717, 1.165) is 34.8 Å². The quantitative estimate of drug-likeness (QED) is 0.596. The first-order valence-corrected chi connectivity index (χ1v) is 12.4. The molecule has 3 aromatic heterocycles. The first-order valence-electron chi connectivity index (χ1n) is 9.75. The SMILES string of the molecule is O=C(NCCc1cccs1)C1CCN(C(=O)Cc2csc(-c3cccs3)n2)CC1. The molecule has 8 heteroatoms. The van der Waals surface area contributed by atoms with Crippen molar-refractivity contribution in [1.82, 2.24) is 15.2 Å². The number of likely N-dealkylation sites (tertiary alicyclic amines) is 1. The smallest absolute Gasteiger partial charge is 0.228 e. The van der Waals surface area contributed by atoms with E-state index in [2.05, 4.69) is 21.7 Å². The molecule has 3 aromatic rings. The van der Waals surface area contributed by atoms with Gasteiger partial charge in [-0.3, -0.25) is 9.59 Å². The van der Waals surface area contributed by atoms with E-state index in [9.17, 15) is 9.59 Å². The Labute approximate surface area is 182 Å². The fraction of sp³-hybridized carbons (Fsp3) is 0.381. The second-order valence-corrected chi connectivity index (χ2v) is 9.91. The molecule has 0 spiro atoms. The van der Waals surface area contributed by atoms with E-state index in [1.165, 1.54) is 4.88 Å². The summed E-state index contributed by atoms with van der Waals surface area (Å²) in [5.74, 6) is 0.227. The molecule has 0 unspecified atom stereocenters. The van der Waals surface area contributed by atoms with E-state index >= 15 is 0 Å². The van der Waals surface area contributed by atoms with E-state index in [4.69, 9.17) is 0 Å². The van der Waals surface area contributed by atoms with E-state index in [1.54, 1.807) is 34.0 Å². The number of hydrogen-bond acceptors (Lipinski definition) is 6. The minimum Gasteiger partial charge on any atom is -0.355 e. The number of nitrogens with one attached hydrogen (secondary N) is 1. The van der Waals surface area contributed by atoms with Gasteiger partial charge in [0, 0.05) is 35.8 Å². The van der Waals surface area contributed by atoms with Crippen LogP contribution in [0.3, 0.4) is 0 Å². The van der Waals surface area contributed by atoms with Gasteiger partial charge in [-0.1, -0.05) is 12.1 Å². The molecular weight excluding hydrogens is 422 g/mol. The van der Waals surface area contributed by atoms with Gasteiger partial charge in [0.25, 0.3) is 0 Å². The number of hydrogen-bond donors (Lipinski definition) is 1. The average Bonchev–Trinajstić information content (AvgIpc) is 3.50. The van der Waals surface area contributed by atoms with Crippen molar-refractivity contribution in [2.24, 2.45) is 5.92 Å². The number of thiophene rings is 2. The lowest BCUT2D eigenvalue weighted by molar-refractivity contribution is -0.135. The third-order valence-electron chi connectivity index (χ3n) is 5.09. The van der Waals surface area contributed by atoms with E-state index in [1.807, 2.05) is 33.9 Å². The summed E-state index contributed by atoms with van der Waals surface area (Å²) in [5, 5.41) is 10.1. The zero-order valence-corrected chi connectivity index (χ0v) is 18.5. The maximum absolute atomic E-state index is 12.6. The fourth-order valence-corrected chi connectivity index (χ4v) is 5.81. The summed E-state index contributed by atoms with van der Waals surface area (Å²) in [4.78, 5) is 33.9. The number of carbonyl (C=O) groups excluding carboxylic acids is 2. The zero-order valence-electron chi connectivity index (χ0n) is 16.0. The van der Waals surface area contributed by atoms with Crippen LogP contribution in [0.15, 0.2) is 40.4 Å². The van der Waals surface area contributed by atoms with Crippen LogP contribution in [0.5, 0.6) is 0 Å². The van der Waals surface area contributed by atoms with Crippen LogP contribution < -0.4 is 5.32 Å². The van der Waals surface area contributed by atoms with Gasteiger partial charge < -0.3 is 10.2 Å². The Bertz CT molecular complexity index is 926. The maximum Gasteiger partial charge on any atom is 0.228 e. The Hall–Kier alpha value is -2.03. The van der Waals surface area contributed by atoms with Gasteiger partial charge in [-0.25, -0.2) is 4.98 Å². The summed E-state index contributed by atoms with van der Waals surface area (Å²) >= 11 is 4.96. The van der Waals surface area contributed by atoms with E-state index in [-0.39, 0.29) is 17.7 Å². The molecule has 4 heterocycles. The van der Waals surface area contributed by atoms with Gasteiger partial charge in [0.1, 0.15) is 5.01 Å². The number of thiazole rings is 1. The summed E-state index contributed by atoms with van der Waals surface area (Å²) in [6.07, 6.45) is 2.67. The molecule has 1 aliphatic heterocycles. The van der Waals surface area contributed by atoms with Crippen molar-refractivity contribution in [3.63, 3.8) is 0 Å². The number of carbonyl (C=O) groups is 2. The Morgan fingerprint density at radius 3 is 2.62 bits per heavy atom. The van der Waals surface area contributed by atoms with Gasteiger partial charge in [-0.05, 0) is 42.2 Å². The molecule has 1 N–H and O–H groups in total. The topological polar surface area (TPSA) is 62.3 Å². The van der Waals surface area contributed by atoms with Crippen molar-refractivity contribution in [1.29, 1.82) is 0 Å². The van der Waals surface area contributed by atoms with Gasteiger partial charge in [0.05, 0.1) is 17.0 Å². The second-order valence-electron chi connectivity index (χ2n) is 7.07. The summed E-state index contributed by atoms with van der Waals surface area (Å²) in [5.41, 5.74) is 0.830. The molecule has 1 aliphatic rings. The van der Waals surface area contributed by atoms with E-state index < -0.39 is 0 Å². The third-order valence-corrected chi connectivity index (χ3v) is 7.95. The summed E-state index contributed by atoms with van der Waals surface area (Å²) in [7, 11) is 0. The van der Waals surface area contributed by atoms with Crippen LogP contribution in [-0.2, 0) is 22.4 Å². The highest BCUT2D eigenvalue weighted by molar-refractivity contribution is 7.20. The average molecular weight is 446 g/mol. The minimum absolute atomic E-state index is 0.00656. The highest BCUT2D eigenvalue weighted by Crippen LogP contribution is 2.28. The molecule has 0 radical (unpaired) electrons. The van der Waals surface area contributed by atoms with Crippen molar-refractivity contribution >= 4 is 45.8 Å². The largest absolute Gasteiger partial charge is 0.355 e. The summed E-state index contributed by atoms with van der Waals surface area (Å²) < 4.78 is 0. The molecular formula is C21H23N3O2S3. The first-order chi connectivity index (χ1) is 14.2. The van der Waals surface area contributed by atoms with Crippen LogP contribution in [0.4, 0.5) is 0 Å². The first kappa shape index (κ1) is 20.3. The second kappa shape index (κ2) is 9.65. The highest BCUT2D eigenvalue weighted by atomic mass is 32.1.